The molecule has 0 aliphatic carbocycles. The number of nitrogens with zero attached hydrogens (tertiary/aromatic N) is 3. The molecule has 1 N–H and O–H groups in total. The highest BCUT2D eigenvalue weighted by Gasteiger charge is 2.20. The van der Waals surface area contributed by atoms with Gasteiger partial charge in [0.05, 0.1) is 10.2 Å². The molecule has 146 valence electrons. The summed E-state index contributed by atoms with van der Waals surface area (Å²) in [7, 11) is 0. The number of likely N-dealkylation sites (tertiary alicyclic amines) is 1. The van der Waals surface area contributed by atoms with Crippen LogP contribution in [0.4, 0.5) is 10.9 Å². The molecular weight excluding hydrogens is 376 g/mol. The molecule has 0 bridgehead atoms. The van der Waals surface area contributed by atoms with E-state index in [4.69, 9.17) is 4.98 Å². The zero-order chi connectivity index (χ0) is 19.6. The van der Waals surface area contributed by atoms with Crippen LogP contribution in [0.5, 0.6) is 0 Å². The second-order valence-electron chi connectivity index (χ2n) is 7.70. The van der Waals surface area contributed by atoms with Crippen LogP contribution in [0.3, 0.4) is 0 Å². The number of rotatable bonds is 5. The first-order chi connectivity index (χ1) is 14.2. The molecule has 4 aromatic rings. The van der Waals surface area contributed by atoms with Crippen molar-refractivity contribution in [1.29, 1.82) is 0 Å². The van der Waals surface area contributed by atoms with Gasteiger partial charge in [0.25, 0.3) is 0 Å². The number of thiazole rings is 1. The molecule has 0 saturated carbocycles. The van der Waals surface area contributed by atoms with Crippen molar-refractivity contribution >= 4 is 32.5 Å². The molecule has 1 aliphatic rings. The van der Waals surface area contributed by atoms with E-state index >= 15 is 0 Å². The van der Waals surface area contributed by atoms with Gasteiger partial charge in [-0.3, -0.25) is 4.90 Å². The van der Waals surface area contributed by atoms with Gasteiger partial charge in [-0.2, -0.15) is 0 Å². The normalized spacial score (nSPS) is 17.1. The Morgan fingerprint density at radius 3 is 2.79 bits per heavy atom. The summed E-state index contributed by atoms with van der Waals surface area (Å²) in [5.74, 6) is 0.858. The van der Waals surface area contributed by atoms with Crippen LogP contribution in [0.25, 0.3) is 21.3 Å². The minimum absolute atomic E-state index is 0.669. The summed E-state index contributed by atoms with van der Waals surface area (Å²) in [6.45, 7) is 4.49. The minimum atomic E-state index is 0.669. The van der Waals surface area contributed by atoms with Crippen LogP contribution in [0.15, 0.2) is 66.9 Å². The summed E-state index contributed by atoms with van der Waals surface area (Å²) < 4.78 is 1.18. The summed E-state index contributed by atoms with van der Waals surface area (Å²) in [6, 6.07) is 21.8. The van der Waals surface area contributed by atoms with E-state index in [-0.39, 0.29) is 0 Å². The average molecular weight is 401 g/mol. The van der Waals surface area contributed by atoms with Gasteiger partial charge in [-0.15, -0.1) is 0 Å². The molecule has 5 heteroatoms. The third kappa shape index (κ3) is 4.02. The molecule has 2 aromatic heterocycles. The molecule has 0 unspecified atom stereocenters. The largest absolute Gasteiger partial charge is 0.316 e. The molecule has 5 rings (SSSR count). The Kier molecular flexibility index (Phi) is 5.00. The number of pyridine rings is 1. The van der Waals surface area contributed by atoms with Crippen molar-refractivity contribution < 1.29 is 0 Å². The molecule has 0 radical (unpaired) electrons. The lowest BCUT2D eigenvalue weighted by molar-refractivity contribution is 0.260. The molecule has 1 fully saturated rings. The Bertz CT molecular complexity index is 1120. The first-order valence-corrected chi connectivity index (χ1v) is 11.0. The topological polar surface area (TPSA) is 41.1 Å². The Morgan fingerprint density at radius 2 is 1.97 bits per heavy atom. The van der Waals surface area contributed by atoms with Crippen LogP contribution in [-0.4, -0.2) is 27.5 Å². The lowest BCUT2D eigenvalue weighted by Gasteiger charge is -2.21. The molecule has 4 nitrogen and oxygen atoms in total. The number of nitrogens with one attached hydrogen (secondary N) is 1. The summed E-state index contributed by atoms with van der Waals surface area (Å²) >= 11 is 1.67. The van der Waals surface area contributed by atoms with Gasteiger partial charge in [-0.25, -0.2) is 9.97 Å². The molecule has 1 atom stereocenters. The molecule has 3 heterocycles. The number of aromatic nitrogens is 2. The van der Waals surface area contributed by atoms with Gasteiger partial charge in [0.15, 0.2) is 5.13 Å². The molecule has 1 aliphatic heterocycles. The van der Waals surface area contributed by atoms with Crippen molar-refractivity contribution in [2.45, 2.75) is 32.4 Å². The first-order valence-electron chi connectivity index (χ1n) is 10.2. The van der Waals surface area contributed by atoms with Gasteiger partial charge >= 0.3 is 0 Å². The van der Waals surface area contributed by atoms with Gasteiger partial charge in [0.2, 0.25) is 0 Å². The van der Waals surface area contributed by atoms with Gasteiger partial charge in [-0.05, 0) is 67.3 Å². The van der Waals surface area contributed by atoms with E-state index in [0.717, 1.165) is 23.0 Å². The number of hydrogen-bond donors (Lipinski definition) is 1. The predicted molar refractivity (Wildman–Crippen MR) is 122 cm³/mol. The Balaban J connectivity index is 1.35. The molecule has 1 saturated heterocycles. The summed E-state index contributed by atoms with van der Waals surface area (Å²) in [6.07, 6.45) is 4.49. The third-order valence-electron chi connectivity index (χ3n) is 5.63. The van der Waals surface area contributed by atoms with E-state index in [1.807, 2.05) is 12.3 Å². The van der Waals surface area contributed by atoms with Crippen molar-refractivity contribution in [3.05, 3.63) is 72.4 Å². The fourth-order valence-corrected chi connectivity index (χ4v) is 4.91. The SMILES string of the molecule is C[C@@H]1CCCN1Cc1ccnc(Nc2nc3ccc(-c4ccccc4)cc3s2)c1. The highest BCUT2D eigenvalue weighted by atomic mass is 32.1. The maximum atomic E-state index is 4.74. The fourth-order valence-electron chi connectivity index (χ4n) is 4.00. The van der Waals surface area contributed by atoms with E-state index in [1.54, 1.807) is 11.3 Å². The smallest absolute Gasteiger partial charge is 0.189 e. The van der Waals surface area contributed by atoms with Crippen LogP contribution in [0, 0.1) is 0 Å². The van der Waals surface area contributed by atoms with E-state index in [0.29, 0.717) is 6.04 Å². The zero-order valence-corrected chi connectivity index (χ0v) is 17.3. The number of hydrogen-bond acceptors (Lipinski definition) is 5. The van der Waals surface area contributed by atoms with Crippen LogP contribution in [-0.2, 0) is 6.54 Å². The Labute approximate surface area is 175 Å². The van der Waals surface area contributed by atoms with Crippen molar-refractivity contribution in [2.75, 3.05) is 11.9 Å². The van der Waals surface area contributed by atoms with E-state index < -0.39 is 0 Å². The minimum Gasteiger partial charge on any atom is -0.316 e. The first kappa shape index (κ1) is 18.3. The van der Waals surface area contributed by atoms with Crippen molar-refractivity contribution in [2.24, 2.45) is 0 Å². The molecule has 2 aromatic carbocycles. The van der Waals surface area contributed by atoms with Crippen LogP contribution >= 0.6 is 11.3 Å². The van der Waals surface area contributed by atoms with Gasteiger partial charge in [0, 0.05) is 18.8 Å². The maximum Gasteiger partial charge on any atom is 0.189 e. The fraction of sp³-hybridized carbons (Fsp3) is 0.250. The lowest BCUT2D eigenvalue weighted by Crippen LogP contribution is -2.26. The standard InChI is InChI=1S/C24H24N4S/c1-17-6-5-13-28(17)16-18-11-12-25-23(14-18)27-24-26-21-10-9-20(15-22(21)29-24)19-7-3-2-4-8-19/h2-4,7-12,14-15,17H,5-6,13,16H2,1H3,(H,25,26,27)/t17-/m1/s1. The second kappa shape index (κ2) is 7.93. The molecule has 0 amide bonds. The molecule has 0 spiro atoms. The van der Waals surface area contributed by atoms with E-state index in [2.05, 4.69) is 76.7 Å². The van der Waals surface area contributed by atoms with Gasteiger partial charge < -0.3 is 5.32 Å². The maximum absolute atomic E-state index is 4.74. The van der Waals surface area contributed by atoms with E-state index in [9.17, 15) is 0 Å². The Hall–Kier alpha value is -2.76. The van der Waals surface area contributed by atoms with Crippen LogP contribution in [0.2, 0.25) is 0 Å². The number of fused-ring (bicyclic) bond motifs is 1. The van der Waals surface area contributed by atoms with Crippen LogP contribution in [0.1, 0.15) is 25.3 Å². The zero-order valence-electron chi connectivity index (χ0n) is 16.5. The molecular formula is C24H24N4S. The van der Waals surface area contributed by atoms with Gasteiger partial charge in [0.1, 0.15) is 5.82 Å². The Morgan fingerprint density at radius 1 is 1.07 bits per heavy atom. The summed E-state index contributed by atoms with van der Waals surface area (Å²) in [4.78, 5) is 11.8. The third-order valence-corrected chi connectivity index (χ3v) is 6.56. The van der Waals surface area contributed by atoms with Crippen molar-refractivity contribution in [3.8, 4) is 11.1 Å². The quantitative estimate of drug-likeness (QED) is 0.440. The predicted octanol–water partition coefficient (Wildman–Crippen LogP) is 6.09. The van der Waals surface area contributed by atoms with Gasteiger partial charge in [-0.1, -0.05) is 47.7 Å². The number of anilines is 2. The highest BCUT2D eigenvalue weighted by molar-refractivity contribution is 7.22. The van der Waals surface area contributed by atoms with Crippen molar-refractivity contribution in [1.82, 2.24) is 14.9 Å². The second-order valence-corrected chi connectivity index (χ2v) is 8.73. The van der Waals surface area contributed by atoms with Crippen molar-refractivity contribution in [3.63, 3.8) is 0 Å². The molecule has 29 heavy (non-hydrogen) atoms. The average Bonchev–Trinajstić information content (AvgIpc) is 3.33. The highest BCUT2D eigenvalue weighted by Crippen LogP contribution is 2.32. The number of benzene rings is 2. The van der Waals surface area contributed by atoms with E-state index in [1.165, 1.54) is 40.8 Å². The van der Waals surface area contributed by atoms with Crippen LogP contribution < -0.4 is 5.32 Å². The summed E-state index contributed by atoms with van der Waals surface area (Å²) in [5.41, 5.74) is 4.75. The lowest BCUT2D eigenvalue weighted by atomic mass is 10.1. The monoisotopic (exact) mass is 400 g/mol. The summed E-state index contributed by atoms with van der Waals surface area (Å²) in [5, 5.41) is 4.29.